The van der Waals surface area contributed by atoms with Crippen molar-refractivity contribution in [2.75, 3.05) is 59.3 Å². The summed E-state index contributed by atoms with van der Waals surface area (Å²) in [6, 6.07) is 15.0. The zero-order valence-corrected chi connectivity index (χ0v) is 24.5. The van der Waals surface area contributed by atoms with Crippen molar-refractivity contribution >= 4 is 5.91 Å². The van der Waals surface area contributed by atoms with E-state index >= 15 is 0 Å². The highest BCUT2D eigenvalue weighted by atomic mass is 16.6. The number of nitrogens with zero attached hydrogens (tertiary/aromatic N) is 1. The van der Waals surface area contributed by atoms with Gasteiger partial charge in [0.05, 0.1) is 13.2 Å². The summed E-state index contributed by atoms with van der Waals surface area (Å²) in [7, 11) is 0. The zero-order valence-electron chi connectivity index (χ0n) is 24.5. The molecule has 0 radical (unpaired) electrons. The van der Waals surface area contributed by atoms with Crippen LogP contribution in [0.1, 0.15) is 59.3 Å². The van der Waals surface area contributed by atoms with Crippen LogP contribution in [0.15, 0.2) is 48.5 Å². The number of amides is 1. The molecule has 8 heteroatoms. The van der Waals surface area contributed by atoms with E-state index in [1.54, 1.807) is 0 Å². The molecule has 8 nitrogen and oxygen atoms in total. The van der Waals surface area contributed by atoms with Gasteiger partial charge >= 0.3 is 0 Å². The van der Waals surface area contributed by atoms with Gasteiger partial charge in [-0.15, -0.1) is 0 Å². The molecule has 0 bridgehead atoms. The molecule has 2 aromatic rings. The number of rotatable bonds is 11. The maximum atomic E-state index is 13.3. The number of ether oxygens (including phenoxy) is 6. The van der Waals surface area contributed by atoms with Gasteiger partial charge < -0.3 is 33.3 Å². The van der Waals surface area contributed by atoms with E-state index in [0.29, 0.717) is 49.4 Å². The normalized spacial score (nSPS) is 15.8. The summed E-state index contributed by atoms with van der Waals surface area (Å²) in [5.74, 6) is 2.43. The van der Waals surface area contributed by atoms with Crippen molar-refractivity contribution in [3.63, 3.8) is 0 Å². The number of hydrogen-bond donors (Lipinski definition) is 0. The molecule has 0 aromatic heterocycles. The largest absolute Gasteiger partial charge is 0.487 e. The lowest BCUT2D eigenvalue weighted by Crippen LogP contribution is -2.45. The van der Waals surface area contributed by atoms with Gasteiger partial charge in [-0.3, -0.25) is 4.79 Å². The summed E-state index contributed by atoms with van der Waals surface area (Å²) in [4.78, 5) is 15.3. The number of para-hydroxylation sites is 4. The third-order valence-electron chi connectivity index (χ3n) is 6.69. The number of unbranched alkanes of at least 4 members (excludes halogenated alkanes) is 4. The molecular weight excluding hydrogens is 510 g/mol. The Morgan fingerprint density at radius 1 is 0.725 bits per heavy atom. The third kappa shape index (κ3) is 10.9. The molecule has 0 spiro atoms. The fourth-order valence-corrected chi connectivity index (χ4v) is 4.28. The summed E-state index contributed by atoms with van der Waals surface area (Å²) >= 11 is 0. The average molecular weight is 558 g/mol. The highest BCUT2D eigenvalue weighted by molar-refractivity contribution is 5.77. The number of fused-ring (bicyclic) bond motifs is 2. The molecule has 0 aliphatic carbocycles. The van der Waals surface area contributed by atoms with E-state index in [4.69, 9.17) is 28.4 Å². The topological polar surface area (TPSA) is 75.7 Å². The summed E-state index contributed by atoms with van der Waals surface area (Å²) in [5, 5.41) is 0. The Hall–Kier alpha value is -2.97. The molecule has 1 amide bonds. The van der Waals surface area contributed by atoms with Crippen LogP contribution in [0.5, 0.6) is 23.0 Å². The second kappa shape index (κ2) is 17.7. The minimum absolute atomic E-state index is 0.00644. The predicted molar refractivity (Wildman–Crippen MR) is 156 cm³/mol. The lowest BCUT2D eigenvalue weighted by molar-refractivity contribution is -0.147. The molecule has 0 atom stereocenters. The van der Waals surface area contributed by atoms with Gasteiger partial charge in [0.1, 0.15) is 38.6 Å². The van der Waals surface area contributed by atoms with Crippen LogP contribution < -0.4 is 18.9 Å². The first-order valence-electron chi connectivity index (χ1n) is 14.7. The summed E-state index contributed by atoms with van der Waals surface area (Å²) in [5.41, 5.74) is -0.922. The molecule has 1 heterocycles. The van der Waals surface area contributed by atoms with Crippen molar-refractivity contribution < 1.29 is 33.2 Å². The molecule has 0 saturated heterocycles. The van der Waals surface area contributed by atoms with Crippen LogP contribution in [-0.2, 0) is 14.3 Å². The average Bonchev–Trinajstić information content (AvgIpc) is 2.97. The quantitative estimate of drug-likeness (QED) is 0.318. The standard InChI is InChI=1S/C32H47NO7/c1-4-6-12-18-33(19-13-7-5-2)31(34)24-40-32(3)25-38-29-16-10-8-14-27(29)36-22-20-35-21-23-37-28-15-9-11-17-30(28)39-26-32/h8-11,14-17H,4-7,12-13,18-26H2,1-3H3. The van der Waals surface area contributed by atoms with Gasteiger partial charge in [0.2, 0.25) is 5.91 Å². The molecule has 0 saturated carbocycles. The fraction of sp³-hybridized carbons (Fsp3) is 0.594. The van der Waals surface area contributed by atoms with Gasteiger partial charge in [0, 0.05) is 13.1 Å². The molecular formula is C32H47NO7. The van der Waals surface area contributed by atoms with Gasteiger partial charge in [-0.2, -0.15) is 0 Å². The molecule has 1 aliphatic rings. The van der Waals surface area contributed by atoms with Crippen molar-refractivity contribution in [3.05, 3.63) is 48.5 Å². The lowest BCUT2D eigenvalue weighted by atomic mass is 10.1. The van der Waals surface area contributed by atoms with Crippen LogP contribution in [0.25, 0.3) is 0 Å². The fourth-order valence-electron chi connectivity index (χ4n) is 4.28. The Labute approximate surface area is 239 Å². The smallest absolute Gasteiger partial charge is 0.248 e. The van der Waals surface area contributed by atoms with Crippen molar-refractivity contribution in [2.24, 2.45) is 0 Å². The van der Waals surface area contributed by atoms with Crippen molar-refractivity contribution in [3.8, 4) is 23.0 Å². The van der Waals surface area contributed by atoms with Crippen molar-refractivity contribution in [2.45, 2.75) is 64.9 Å². The highest BCUT2D eigenvalue weighted by Crippen LogP contribution is 2.30. The number of carbonyl (C=O) groups is 1. The van der Waals surface area contributed by atoms with E-state index in [-0.39, 0.29) is 25.7 Å². The number of benzene rings is 2. The number of carbonyl (C=O) groups excluding carboxylic acids is 1. The third-order valence-corrected chi connectivity index (χ3v) is 6.69. The predicted octanol–water partition coefficient (Wildman–Crippen LogP) is 5.92. The molecule has 3 rings (SSSR count). The van der Waals surface area contributed by atoms with E-state index in [1.165, 1.54) is 0 Å². The maximum absolute atomic E-state index is 13.3. The van der Waals surface area contributed by atoms with Crippen LogP contribution in [-0.4, -0.2) is 75.7 Å². The summed E-state index contributed by atoms with van der Waals surface area (Å²) < 4.78 is 36.2. The maximum Gasteiger partial charge on any atom is 0.248 e. The van der Waals surface area contributed by atoms with E-state index in [9.17, 15) is 4.79 Å². The molecule has 1 aliphatic heterocycles. The molecule has 0 N–H and O–H groups in total. The van der Waals surface area contributed by atoms with Crippen molar-refractivity contribution in [1.82, 2.24) is 4.90 Å². The first-order chi connectivity index (χ1) is 19.5. The van der Waals surface area contributed by atoms with E-state index in [0.717, 1.165) is 51.6 Å². The zero-order chi connectivity index (χ0) is 28.5. The van der Waals surface area contributed by atoms with Crippen LogP contribution in [0, 0.1) is 0 Å². The van der Waals surface area contributed by atoms with Gasteiger partial charge in [-0.25, -0.2) is 0 Å². The minimum Gasteiger partial charge on any atom is -0.487 e. The Morgan fingerprint density at radius 3 is 1.62 bits per heavy atom. The Balaban J connectivity index is 1.75. The Morgan fingerprint density at radius 2 is 1.18 bits per heavy atom. The highest BCUT2D eigenvalue weighted by Gasteiger charge is 2.31. The number of hydrogen-bond acceptors (Lipinski definition) is 7. The van der Waals surface area contributed by atoms with Crippen LogP contribution in [0.2, 0.25) is 0 Å². The molecule has 0 unspecified atom stereocenters. The lowest BCUT2D eigenvalue weighted by Gasteiger charge is -2.31. The van der Waals surface area contributed by atoms with Crippen molar-refractivity contribution in [1.29, 1.82) is 0 Å². The van der Waals surface area contributed by atoms with E-state index in [2.05, 4.69) is 13.8 Å². The Bertz CT molecular complexity index is 933. The monoisotopic (exact) mass is 557 g/mol. The van der Waals surface area contributed by atoms with E-state index < -0.39 is 5.60 Å². The van der Waals surface area contributed by atoms with Crippen LogP contribution in [0.4, 0.5) is 0 Å². The Kier molecular flexibility index (Phi) is 13.9. The molecule has 2 aromatic carbocycles. The van der Waals surface area contributed by atoms with E-state index in [1.807, 2.05) is 60.4 Å². The first-order valence-corrected chi connectivity index (χ1v) is 14.7. The molecule has 40 heavy (non-hydrogen) atoms. The molecule has 222 valence electrons. The molecule has 0 fully saturated rings. The summed E-state index contributed by atoms with van der Waals surface area (Å²) in [6.45, 7) is 9.63. The van der Waals surface area contributed by atoms with Gasteiger partial charge in [0.15, 0.2) is 23.0 Å². The van der Waals surface area contributed by atoms with Gasteiger partial charge in [0.25, 0.3) is 0 Å². The van der Waals surface area contributed by atoms with Crippen LogP contribution in [0.3, 0.4) is 0 Å². The van der Waals surface area contributed by atoms with Gasteiger partial charge in [-0.05, 0) is 44.0 Å². The minimum atomic E-state index is -0.922. The first kappa shape index (κ1) is 31.6. The van der Waals surface area contributed by atoms with Gasteiger partial charge in [-0.1, -0.05) is 63.8 Å². The van der Waals surface area contributed by atoms with Crippen LogP contribution >= 0.6 is 0 Å². The second-order valence-corrected chi connectivity index (χ2v) is 10.3. The SMILES string of the molecule is CCCCCN(CCCCC)C(=O)COC1(C)COc2ccccc2OCCOCCOc2ccccc2OC1. The second-order valence-electron chi connectivity index (χ2n) is 10.3. The summed E-state index contributed by atoms with van der Waals surface area (Å²) in [6.07, 6.45) is 6.43.